The molecule has 0 bridgehead atoms. The number of thioether (sulfide) groups is 1. The Balaban J connectivity index is 1.86. The standard InChI is InChI=1S/C15H14N2O6S/c1-6(18)9-12(20)17-10(14(21)22)15(24-13(9)17)23-8-4-2-7(3-5-8)11(16)19/h2-6,9,13,18H,1H3,(H2,16,19)(H,21,22)/t6-,9?,13?/m1/s1. The first-order valence-electron chi connectivity index (χ1n) is 7.04. The van der Waals surface area contributed by atoms with E-state index in [1.165, 1.54) is 31.2 Å². The first-order valence-corrected chi connectivity index (χ1v) is 7.92. The Morgan fingerprint density at radius 2 is 1.96 bits per heavy atom. The normalized spacial score (nSPS) is 23.6. The van der Waals surface area contributed by atoms with Crippen LogP contribution in [-0.2, 0) is 9.59 Å². The van der Waals surface area contributed by atoms with Crippen molar-refractivity contribution in [2.45, 2.75) is 18.4 Å². The number of amides is 2. The number of hydrogen-bond acceptors (Lipinski definition) is 6. The zero-order chi connectivity index (χ0) is 17.6. The second-order valence-corrected chi connectivity index (χ2v) is 6.50. The van der Waals surface area contributed by atoms with E-state index in [1.807, 2.05) is 0 Å². The van der Waals surface area contributed by atoms with Crippen molar-refractivity contribution in [3.05, 3.63) is 40.6 Å². The summed E-state index contributed by atoms with van der Waals surface area (Å²) in [5.74, 6) is -2.67. The molecular formula is C15H14N2O6S. The Bertz CT molecular complexity index is 758. The first kappa shape index (κ1) is 16.3. The van der Waals surface area contributed by atoms with Gasteiger partial charge in [-0.25, -0.2) is 4.79 Å². The highest BCUT2D eigenvalue weighted by molar-refractivity contribution is 8.03. The molecule has 3 atom stereocenters. The lowest BCUT2D eigenvalue weighted by atomic mass is 9.92. The number of β-lactam (4-membered cyclic amide) rings is 1. The minimum atomic E-state index is -1.29. The molecular weight excluding hydrogens is 336 g/mol. The van der Waals surface area contributed by atoms with Crippen LogP contribution >= 0.6 is 11.8 Å². The van der Waals surface area contributed by atoms with Crippen molar-refractivity contribution in [2.75, 3.05) is 0 Å². The highest BCUT2D eigenvalue weighted by atomic mass is 32.2. The number of hydrogen-bond donors (Lipinski definition) is 3. The summed E-state index contributed by atoms with van der Waals surface area (Å²) in [7, 11) is 0. The average Bonchev–Trinajstić information content (AvgIpc) is 2.81. The zero-order valence-electron chi connectivity index (χ0n) is 12.5. The molecule has 8 nitrogen and oxygen atoms in total. The van der Waals surface area contributed by atoms with Crippen LogP contribution in [0.4, 0.5) is 0 Å². The highest BCUT2D eigenvalue weighted by Gasteiger charge is 2.58. The summed E-state index contributed by atoms with van der Waals surface area (Å²) in [6.07, 6.45) is -0.879. The fourth-order valence-corrected chi connectivity index (χ4v) is 4.08. The second-order valence-electron chi connectivity index (χ2n) is 5.41. The van der Waals surface area contributed by atoms with E-state index in [4.69, 9.17) is 10.5 Å². The number of aliphatic carboxylic acids is 1. The lowest BCUT2D eigenvalue weighted by Gasteiger charge is -2.43. The minimum absolute atomic E-state index is 0.0656. The molecule has 2 unspecified atom stereocenters. The van der Waals surface area contributed by atoms with Crippen LogP contribution in [0.5, 0.6) is 5.75 Å². The summed E-state index contributed by atoms with van der Waals surface area (Å²) < 4.78 is 5.58. The summed E-state index contributed by atoms with van der Waals surface area (Å²) in [4.78, 5) is 35.7. The van der Waals surface area contributed by atoms with Crippen molar-refractivity contribution in [3.8, 4) is 5.75 Å². The highest BCUT2D eigenvalue weighted by Crippen LogP contribution is 2.50. The number of fused-ring (bicyclic) bond motifs is 1. The number of aliphatic hydroxyl groups is 1. The SMILES string of the molecule is C[C@@H](O)C1C(=O)N2C(C(=O)O)=C(Oc3ccc(C(N)=O)cc3)SC12. The van der Waals surface area contributed by atoms with Crippen molar-refractivity contribution < 1.29 is 29.3 Å². The van der Waals surface area contributed by atoms with E-state index in [2.05, 4.69) is 0 Å². The van der Waals surface area contributed by atoms with Gasteiger partial charge in [-0.1, -0.05) is 11.8 Å². The monoisotopic (exact) mass is 350 g/mol. The number of carbonyl (C=O) groups excluding carboxylic acids is 2. The van der Waals surface area contributed by atoms with Crippen LogP contribution in [0, 0.1) is 5.92 Å². The summed E-state index contributed by atoms with van der Waals surface area (Å²) in [6.45, 7) is 1.49. The Hall–Kier alpha value is -2.52. The molecule has 24 heavy (non-hydrogen) atoms. The van der Waals surface area contributed by atoms with Crippen molar-refractivity contribution in [1.29, 1.82) is 0 Å². The molecule has 2 aliphatic heterocycles. The topological polar surface area (TPSA) is 130 Å². The number of rotatable bonds is 5. The van der Waals surface area contributed by atoms with Gasteiger partial charge in [0.25, 0.3) is 0 Å². The van der Waals surface area contributed by atoms with Crippen molar-refractivity contribution in [2.24, 2.45) is 11.7 Å². The predicted molar refractivity (Wildman–Crippen MR) is 83.6 cm³/mol. The Labute approximate surface area is 140 Å². The predicted octanol–water partition coefficient (Wildman–Crippen LogP) is 0.330. The number of nitrogens with zero attached hydrogens (tertiary/aromatic N) is 1. The van der Waals surface area contributed by atoms with Gasteiger partial charge in [-0.3, -0.25) is 14.5 Å². The number of carbonyl (C=O) groups is 3. The number of nitrogens with two attached hydrogens (primary N) is 1. The molecule has 4 N–H and O–H groups in total. The molecule has 0 saturated carbocycles. The molecule has 1 saturated heterocycles. The molecule has 1 fully saturated rings. The van der Waals surface area contributed by atoms with Gasteiger partial charge in [0.05, 0.1) is 12.0 Å². The third kappa shape index (κ3) is 2.51. The Kier molecular flexibility index (Phi) is 3.98. The summed E-state index contributed by atoms with van der Waals surface area (Å²) in [6, 6.07) is 5.88. The Morgan fingerprint density at radius 3 is 2.46 bits per heavy atom. The fraction of sp³-hybridized carbons (Fsp3) is 0.267. The Morgan fingerprint density at radius 1 is 1.33 bits per heavy atom. The summed E-state index contributed by atoms with van der Waals surface area (Å²) in [5, 5.41) is 18.6. The second kappa shape index (κ2) is 5.84. The van der Waals surface area contributed by atoms with Gasteiger partial charge in [-0.05, 0) is 31.2 Å². The van der Waals surface area contributed by atoms with E-state index in [0.717, 1.165) is 16.7 Å². The average molecular weight is 350 g/mol. The molecule has 0 aliphatic carbocycles. The molecule has 1 aromatic rings. The number of aliphatic hydroxyl groups excluding tert-OH is 1. The molecule has 2 amide bonds. The maximum Gasteiger partial charge on any atom is 0.357 e. The number of primary amides is 1. The third-order valence-electron chi connectivity index (χ3n) is 3.82. The van der Waals surface area contributed by atoms with Crippen LogP contribution < -0.4 is 10.5 Å². The molecule has 0 radical (unpaired) electrons. The number of benzene rings is 1. The largest absolute Gasteiger partial charge is 0.476 e. The molecule has 3 rings (SSSR count). The molecule has 0 aromatic heterocycles. The van der Waals surface area contributed by atoms with Crippen LogP contribution in [0.1, 0.15) is 17.3 Å². The number of ether oxygens (including phenoxy) is 1. The lowest BCUT2D eigenvalue weighted by Crippen LogP contribution is -2.60. The van der Waals surface area contributed by atoms with E-state index in [1.54, 1.807) is 0 Å². The maximum atomic E-state index is 12.1. The zero-order valence-corrected chi connectivity index (χ0v) is 13.3. The van der Waals surface area contributed by atoms with Crippen LogP contribution in [0.3, 0.4) is 0 Å². The van der Waals surface area contributed by atoms with Gasteiger partial charge in [0, 0.05) is 5.56 Å². The van der Waals surface area contributed by atoms with Gasteiger partial charge in [-0.15, -0.1) is 0 Å². The molecule has 126 valence electrons. The van der Waals surface area contributed by atoms with Crippen LogP contribution in [-0.4, -0.2) is 44.4 Å². The van der Waals surface area contributed by atoms with E-state index >= 15 is 0 Å². The van der Waals surface area contributed by atoms with Gasteiger partial charge in [0.15, 0.2) is 10.8 Å². The maximum absolute atomic E-state index is 12.1. The van der Waals surface area contributed by atoms with Crippen molar-refractivity contribution in [3.63, 3.8) is 0 Å². The molecule has 2 heterocycles. The fourth-order valence-electron chi connectivity index (χ4n) is 2.62. The van der Waals surface area contributed by atoms with Crippen molar-refractivity contribution in [1.82, 2.24) is 4.90 Å². The quantitative estimate of drug-likeness (QED) is 0.652. The first-order chi connectivity index (χ1) is 11.3. The number of carboxylic acids is 1. The van der Waals surface area contributed by atoms with Crippen molar-refractivity contribution >= 4 is 29.5 Å². The third-order valence-corrected chi connectivity index (χ3v) is 5.05. The van der Waals surface area contributed by atoms with E-state index < -0.39 is 35.2 Å². The van der Waals surface area contributed by atoms with Gasteiger partial charge in [0.2, 0.25) is 11.8 Å². The van der Waals surface area contributed by atoms with Crippen LogP contribution in [0.25, 0.3) is 0 Å². The minimum Gasteiger partial charge on any atom is -0.476 e. The molecule has 1 aromatic carbocycles. The van der Waals surface area contributed by atoms with Gasteiger partial charge in [-0.2, -0.15) is 0 Å². The van der Waals surface area contributed by atoms with Gasteiger partial charge >= 0.3 is 5.97 Å². The van der Waals surface area contributed by atoms with E-state index in [9.17, 15) is 24.6 Å². The summed E-state index contributed by atoms with van der Waals surface area (Å²) in [5.41, 5.74) is 5.20. The summed E-state index contributed by atoms with van der Waals surface area (Å²) >= 11 is 1.07. The van der Waals surface area contributed by atoms with Crippen LogP contribution in [0.15, 0.2) is 35.1 Å². The van der Waals surface area contributed by atoms with Crippen LogP contribution in [0.2, 0.25) is 0 Å². The molecule has 0 spiro atoms. The van der Waals surface area contributed by atoms with Gasteiger partial charge in [0.1, 0.15) is 11.1 Å². The molecule has 9 heteroatoms. The van der Waals surface area contributed by atoms with Gasteiger partial charge < -0.3 is 20.7 Å². The van der Waals surface area contributed by atoms with E-state index in [-0.39, 0.29) is 10.8 Å². The number of carboxylic acid groups (broad SMARTS) is 1. The smallest absolute Gasteiger partial charge is 0.357 e. The van der Waals surface area contributed by atoms with E-state index in [0.29, 0.717) is 11.3 Å². The lowest BCUT2D eigenvalue weighted by molar-refractivity contribution is -0.156. The molecule has 2 aliphatic rings.